The van der Waals surface area contributed by atoms with Crippen LogP contribution in [0.5, 0.6) is 5.75 Å². The van der Waals surface area contributed by atoms with Gasteiger partial charge in [-0.05, 0) is 24.7 Å². The van der Waals surface area contributed by atoms with Crippen LogP contribution in [0.25, 0.3) is 0 Å². The van der Waals surface area contributed by atoms with Gasteiger partial charge in [-0.1, -0.05) is 34.5 Å². The van der Waals surface area contributed by atoms with Crippen LogP contribution in [0.4, 0.5) is 0 Å². The number of fused-ring (bicyclic) bond motifs is 1. The fourth-order valence-corrected chi connectivity index (χ4v) is 3.80. The topological polar surface area (TPSA) is 34.2 Å². The second-order valence-corrected chi connectivity index (χ2v) is 7.25. The minimum atomic E-state index is -0.0368. The lowest BCUT2D eigenvalue weighted by Gasteiger charge is -2.31. The molecule has 1 aliphatic rings. The van der Waals surface area contributed by atoms with Gasteiger partial charge in [0.25, 0.3) is 0 Å². The van der Waals surface area contributed by atoms with E-state index in [0.29, 0.717) is 4.34 Å². The van der Waals surface area contributed by atoms with Crippen LogP contribution >= 0.6 is 38.9 Å². The van der Waals surface area contributed by atoms with Gasteiger partial charge in [0.1, 0.15) is 15.1 Å². The highest BCUT2D eigenvalue weighted by molar-refractivity contribution is 9.10. The summed E-state index contributed by atoms with van der Waals surface area (Å²) >= 11 is 11.0. The second kappa shape index (κ2) is 6.02. The van der Waals surface area contributed by atoms with E-state index in [0.717, 1.165) is 28.2 Å². The van der Waals surface area contributed by atoms with Crippen molar-refractivity contribution in [3.63, 3.8) is 0 Å². The Bertz CT molecular complexity index is 619. The third-order valence-corrected chi connectivity index (χ3v) is 4.99. The van der Waals surface area contributed by atoms with Crippen LogP contribution in [0.1, 0.15) is 36.1 Å². The number of benzene rings is 1. The van der Waals surface area contributed by atoms with Crippen molar-refractivity contribution in [2.24, 2.45) is 0 Å². The van der Waals surface area contributed by atoms with Gasteiger partial charge in [0, 0.05) is 22.5 Å². The summed E-state index contributed by atoms with van der Waals surface area (Å²) < 4.78 is 7.86. The SMILES string of the molecule is CCNC1CC(c2ncc(Cl)s2)Oc2ccc(Br)cc21. The van der Waals surface area contributed by atoms with Gasteiger partial charge in [0.15, 0.2) is 6.10 Å². The molecule has 106 valence electrons. The summed E-state index contributed by atoms with van der Waals surface area (Å²) in [5.74, 6) is 0.918. The summed E-state index contributed by atoms with van der Waals surface area (Å²) in [5.41, 5.74) is 1.19. The Morgan fingerprint density at radius 3 is 3.10 bits per heavy atom. The van der Waals surface area contributed by atoms with Crippen molar-refractivity contribution in [3.8, 4) is 5.75 Å². The molecule has 0 saturated carbocycles. The molecule has 2 heterocycles. The number of hydrogen-bond donors (Lipinski definition) is 1. The molecule has 1 aromatic heterocycles. The third-order valence-electron chi connectivity index (χ3n) is 3.29. The van der Waals surface area contributed by atoms with E-state index in [-0.39, 0.29) is 12.1 Å². The van der Waals surface area contributed by atoms with Gasteiger partial charge in [0.05, 0.1) is 6.20 Å². The molecule has 3 rings (SSSR count). The Hall–Kier alpha value is -0.620. The van der Waals surface area contributed by atoms with Crippen LogP contribution in [0.15, 0.2) is 28.9 Å². The quantitative estimate of drug-likeness (QED) is 0.844. The van der Waals surface area contributed by atoms with Crippen molar-refractivity contribution < 1.29 is 4.74 Å². The maximum Gasteiger partial charge on any atom is 0.152 e. The van der Waals surface area contributed by atoms with E-state index in [1.807, 2.05) is 12.1 Å². The van der Waals surface area contributed by atoms with Gasteiger partial charge >= 0.3 is 0 Å². The monoisotopic (exact) mass is 372 g/mol. The van der Waals surface area contributed by atoms with Crippen molar-refractivity contribution in [2.45, 2.75) is 25.5 Å². The van der Waals surface area contributed by atoms with E-state index >= 15 is 0 Å². The minimum Gasteiger partial charge on any atom is -0.483 e. The lowest BCUT2D eigenvalue weighted by Crippen LogP contribution is -2.29. The van der Waals surface area contributed by atoms with E-state index < -0.39 is 0 Å². The summed E-state index contributed by atoms with van der Waals surface area (Å²) in [4.78, 5) is 4.35. The van der Waals surface area contributed by atoms with Gasteiger partial charge < -0.3 is 10.1 Å². The van der Waals surface area contributed by atoms with Crippen LogP contribution in [0.2, 0.25) is 4.34 Å². The average Bonchev–Trinajstić information content (AvgIpc) is 2.86. The summed E-state index contributed by atoms with van der Waals surface area (Å²) in [6, 6.07) is 6.40. The third kappa shape index (κ3) is 2.86. The number of nitrogens with one attached hydrogen (secondary N) is 1. The number of rotatable bonds is 3. The standard InChI is InChI=1S/C14H14BrClN2OS/c1-2-17-10-6-12(14-18-7-13(16)20-14)19-11-4-3-8(15)5-9(10)11/h3-5,7,10,12,17H,2,6H2,1H3. The molecule has 0 radical (unpaired) electrons. The zero-order valence-electron chi connectivity index (χ0n) is 10.9. The second-order valence-electron chi connectivity index (χ2n) is 4.64. The minimum absolute atomic E-state index is 0.0368. The number of nitrogens with zero attached hydrogens (tertiary/aromatic N) is 1. The molecule has 2 unspecified atom stereocenters. The largest absolute Gasteiger partial charge is 0.483 e. The van der Waals surface area contributed by atoms with E-state index in [9.17, 15) is 0 Å². The Balaban J connectivity index is 1.94. The van der Waals surface area contributed by atoms with Crippen molar-refractivity contribution in [1.29, 1.82) is 0 Å². The van der Waals surface area contributed by atoms with Crippen molar-refractivity contribution in [2.75, 3.05) is 6.54 Å². The lowest BCUT2D eigenvalue weighted by molar-refractivity contribution is 0.151. The molecule has 1 aromatic carbocycles. The smallest absolute Gasteiger partial charge is 0.152 e. The highest BCUT2D eigenvalue weighted by atomic mass is 79.9. The summed E-state index contributed by atoms with van der Waals surface area (Å²) in [7, 11) is 0. The molecule has 0 spiro atoms. The van der Waals surface area contributed by atoms with Crippen LogP contribution < -0.4 is 10.1 Å². The molecule has 2 aromatic rings. The van der Waals surface area contributed by atoms with Gasteiger partial charge in [-0.15, -0.1) is 11.3 Å². The van der Waals surface area contributed by atoms with E-state index in [1.54, 1.807) is 6.20 Å². The number of halogens is 2. The fraction of sp³-hybridized carbons (Fsp3) is 0.357. The Morgan fingerprint density at radius 2 is 2.40 bits per heavy atom. The van der Waals surface area contributed by atoms with Crippen LogP contribution in [-0.2, 0) is 0 Å². The van der Waals surface area contributed by atoms with Gasteiger partial charge in [-0.25, -0.2) is 4.98 Å². The van der Waals surface area contributed by atoms with Crippen molar-refractivity contribution >= 4 is 38.9 Å². The van der Waals surface area contributed by atoms with Crippen LogP contribution in [-0.4, -0.2) is 11.5 Å². The Labute approximate surface area is 135 Å². The molecule has 2 atom stereocenters. The van der Waals surface area contributed by atoms with Gasteiger partial charge in [-0.3, -0.25) is 0 Å². The highest BCUT2D eigenvalue weighted by Crippen LogP contribution is 2.43. The predicted octanol–water partition coefficient (Wildman–Crippen LogP) is 4.73. The predicted molar refractivity (Wildman–Crippen MR) is 85.7 cm³/mol. The Morgan fingerprint density at radius 1 is 1.55 bits per heavy atom. The fourth-order valence-electron chi connectivity index (χ4n) is 2.45. The Kier molecular flexibility index (Phi) is 4.31. The van der Waals surface area contributed by atoms with E-state index in [2.05, 4.69) is 39.2 Å². The van der Waals surface area contributed by atoms with E-state index in [4.69, 9.17) is 16.3 Å². The first-order valence-electron chi connectivity index (χ1n) is 6.48. The first-order valence-corrected chi connectivity index (χ1v) is 8.47. The van der Waals surface area contributed by atoms with Gasteiger partial charge in [0.2, 0.25) is 0 Å². The molecule has 20 heavy (non-hydrogen) atoms. The first-order chi connectivity index (χ1) is 9.67. The van der Waals surface area contributed by atoms with E-state index in [1.165, 1.54) is 16.9 Å². The number of hydrogen-bond acceptors (Lipinski definition) is 4. The highest BCUT2D eigenvalue weighted by Gasteiger charge is 2.30. The lowest BCUT2D eigenvalue weighted by atomic mass is 9.96. The molecular formula is C14H14BrClN2OS. The van der Waals surface area contributed by atoms with Crippen molar-refractivity contribution in [1.82, 2.24) is 10.3 Å². The zero-order valence-corrected chi connectivity index (χ0v) is 14.1. The van der Waals surface area contributed by atoms with Crippen LogP contribution in [0.3, 0.4) is 0 Å². The normalized spacial score (nSPS) is 21.4. The number of thiazole rings is 1. The molecule has 3 nitrogen and oxygen atoms in total. The molecular weight excluding hydrogens is 360 g/mol. The molecule has 0 aliphatic carbocycles. The zero-order chi connectivity index (χ0) is 14.1. The summed E-state index contributed by atoms with van der Waals surface area (Å²) in [6.45, 7) is 3.03. The number of aromatic nitrogens is 1. The molecule has 1 aliphatic heterocycles. The molecule has 0 bridgehead atoms. The number of ether oxygens (including phenoxy) is 1. The molecule has 0 fully saturated rings. The van der Waals surface area contributed by atoms with Crippen molar-refractivity contribution in [3.05, 3.63) is 43.8 Å². The molecule has 0 saturated heterocycles. The maximum absolute atomic E-state index is 6.09. The molecule has 0 amide bonds. The summed E-state index contributed by atoms with van der Waals surface area (Å²) in [5, 5.41) is 4.45. The summed E-state index contributed by atoms with van der Waals surface area (Å²) in [6.07, 6.45) is 2.51. The van der Waals surface area contributed by atoms with Gasteiger partial charge in [-0.2, -0.15) is 0 Å². The molecule has 1 N–H and O–H groups in total. The molecule has 6 heteroatoms. The maximum atomic E-state index is 6.09. The average molecular weight is 374 g/mol. The first kappa shape index (κ1) is 14.3. The van der Waals surface area contributed by atoms with Crippen LogP contribution in [0, 0.1) is 0 Å².